The molecule has 0 aliphatic rings. The van der Waals surface area contributed by atoms with Crippen LogP contribution in [0.3, 0.4) is 0 Å². The van der Waals surface area contributed by atoms with Crippen molar-refractivity contribution in [2.75, 3.05) is 10.6 Å². The number of benzene rings is 3. The van der Waals surface area contributed by atoms with Gasteiger partial charge in [0.15, 0.2) is 0 Å². The quantitative estimate of drug-likeness (QED) is 0.579. The third kappa shape index (κ3) is 4.18. The molecule has 0 aliphatic carbocycles. The Balaban J connectivity index is 1.69. The van der Waals surface area contributed by atoms with Gasteiger partial charge in [-0.05, 0) is 66.7 Å². The van der Waals surface area contributed by atoms with Gasteiger partial charge in [-0.25, -0.2) is 0 Å². The summed E-state index contributed by atoms with van der Waals surface area (Å²) in [6.07, 6.45) is 0. The fraction of sp³-hybridized carbons (Fsp3) is 0. The second-order valence-corrected chi connectivity index (χ2v) is 5.58. The highest BCUT2D eigenvalue weighted by atomic mass is 16.3. The maximum Gasteiger partial charge on any atom is 0.255 e. The number of amides is 2. The highest BCUT2D eigenvalue weighted by Crippen LogP contribution is 2.18. The van der Waals surface area contributed by atoms with Crippen LogP contribution in [0.1, 0.15) is 20.7 Å². The summed E-state index contributed by atoms with van der Waals surface area (Å²) in [6, 6.07) is 18.5. The van der Waals surface area contributed by atoms with Crippen molar-refractivity contribution in [2.24, 2.45) is 0 Å². The maximum atomic E-state index is 12.2. The van der Waals surface area contributed by atoms with Crippen LogP contribution in [0.15, 0.2) is 72.8 Å². The van der Waals surface area contributed by atoms with E-state index < -0.39 is 0 Å². The lowest BCUT2D eigenvalue weighted by Crippen LogP contribution is -2.13. The smallest absolute Gasteiger partial charge is 0.255 e. The number of phenols is 2. The number of phenolic OH excluding ortho intramolecular Hbond substituents is 2. The molecule has 0 fully saturated rings. The van der Waals surface area contributed by atoms with E-state index in [2.05, 4.69) is 10.6 Å². The molecule has 0 saturated carbocycles. The predicted molar refractivity (Wildman–Crippen MR) is 98.6 cm³/mol. The first-order valence-corrected chi connectivity index (χ1v) is 7.82. The molecule has 2 amide bonds. The standard InChI is InChI=1S/C20H16N2O4/c23-17-8-4-13(5-9-17)19(25)21-15-2-1-3-16(12-15)22-20(26)14-6-10-18(24)11-7-14/h1-12,23-24H,(H,21,25)(H,22,26). The summed E-state index contributed by atoms with van der Waals surface area (Å²) in [4.78, 5) is 24.4. The first-order chi connectivity index (χ1) is 12.5. The van der Waals surface area contributed by atoms with Crippen LogP contribution in [0.4, 0.5) is 11.4 Å². The summed E-state index contributed by atoms with van der Waals surface area (Å²) in [6.45, 7) is 0. The van der Waals surface area contributed by atoms with E-state index in [9.17, 15) is 19.8 Å². The average Bonchev–Trinajstić information content (AvgIpc) is 2.63. The van der Waals surface area contributed by atoms with Crippen molar-refractivity contribution in [1.82, 2.24) is 0 Å². The summed E-state index contributed by atoms with van der Waals surface area (Å²) in [5.74, 6) is -0.486. The van der Waals surface area contributed by atoms with Crippen LogP contribution in [0.2, 0.25) is 0 Å². The lowest BCUT2D eigenvalue weighted by atomic mass is 10.2. The van der Waals surface area contributed by atoms with Crippen LogP contribution >= 0.6 is 0 Å². The third-order valence-corrected chi connectivity index (χ3v) is 3.64. The van der Waals surface area contributed by atoms with Gasteiger partial charge in [0.2, 0.25) is 0 Å². The number of hydrogen-bond acceptors (Lipinski definition) is 4. The van der Waals surface area contributed by atoms with Gasteiger partial charge in [0.25, 0.3) is 11.8 Å². The Morgan fingerprint density at radius 1 is 0.615 bits per heavy atom. The van der Waals surface area contributed by atoms with E-state index in [0.717, 1.165) is 0 Å². The largest absolute Gasteiger partial charge is 0.508 e. The maximum absolute atomic E-state index is 12.2. The number of rotatable bonds is 4. The van der Waals surface area contributed by atoms with Crippen molar-refractivity contribution in [3.05, 3.63) is 83.9 Å². The van der Waals surface area contributed by atoms with Crippen LogP contribution in [0.5, 0.6) is 11.5 Å². The second-order valence-electron chi connectivity index (χ2n) is 5.58. The molecule has 0 bridgehead atoms. The molecule has 0 atom stereocenters. The molecule has 4 N–H and O–H groups in total. The number of aromatic hydroxyl groups is 2. The summed E-state index contributed by atoms with van der Waals surface area (Å²) in [7, 11) is 0. The molecule has 0 radical (unpaired) electrons. The van der Waals surface area contributed by atoms with Crippen molar-refractivity contribution in [1.29, 1.82) is 0 Å². The lowest BCUT2D eigenvalue weighted by Gasteiger charge is -2.09. The zero-order valence-corrected chi connectivity index (χ0v) is 13.6. The van der Waals surface area contributed by atoms with E-state index in [0.29, 0.717) is 22.5 Å². The SMILES string of the molecule is O=C(Nc1cccc(NC(=O)c2ccc(O)cc2)c1)c1ccc(O)cc1. The third-order valence-electron chi connectivity index (χ3n) is 3.64. The van der Waals surface area contributed by atoms with Crippen molar-refractivity contribution in [3.63, 3.8) is 0 Å². The van der Waals surface area contributed by atoms with Gasteiger partial charge in [0.05, 0.1) is 0 Å². The highest BCUT2D eigenvalue weighted by Gasteiger charge is 2.09. The predicted octanol–water partition coefficient (Wildman–Crippen LogP) is 3.60. The Morgan fingerprint density at radius 3 is 1.38 bits per heavy atom. The summed E-state index contributed by atoms with van der Waals surface area (Å²) in [5.41, 5.74) is 1.85. The molecule has 26 heavy (non-hydrogen) atoms. The van der Waals surface area contributed by atoms with E-state index in [1.807, 2.05) is 0 Å². The molecule has 3 aromatic carbocycles. The molecule has 3 aromatic rings. The molecule has 3 rings (SSSR count). The van der Waals surface area contributed by atoms with Gasteiger partial charge < -0.3 is 20.8 Å². The molecule has 6 nitrogen and oxygen atoms in total. The molecule has 0 saturated heterocycles. The normalized spacial score (nSPS) is 10.2. The van der Waals surface area contributed by atoms with Gasteiger partial charge in [0, 0.05) is 22.5 Å². The van der Waals surface area contributed by atoms with E-state index in [4.69, 9.17) is 0 Å². The average molecular weight is 348 g/mol. The number of carbonyl (C=O) groups excluding carboxylic acids is 2. The number of hydrogen-bond donors (Lipinski definition) is 4. The van der Waals surface area contributed by atoms with Crippen LogP contribution in [0, 0.1) is 0 Å². The van der Waals surface area contributed by atoms with Crippen LogP contribution in [-0.2, 0) is 0 Å². The van der Waals surface area contributed by atoms with Crippen molar-refractivity contribution >= 4 is 23.2 Å². The molecule has 6 heteroatoms. The molecule has 0 aliphatic heterocycles. The van der Waals surface area contributed by atoms with Crippen molar-refractivity contribution in [3.8, 4) is 11.5 Å². The van der Waals surface area contributed by atoms with Gasteiger partial charge in [-0.1, -0.05) is 6.07 Å². The fourth-order valence-electron chi connectivity index (χ4n) is 2.31. The highest BCUT2D eigenvalue weighted by molar-refractivity contribution is 6.06. The Hall–Kier alpha value is -3.80. The van der Waals surface area contributed by atoms with Gasteiger partial charge >= 0.3 is 0 Å². The minimum Gasteiger partial charge on any atom is -0.508 e. The van der Waals surface area contributed by atoms with E-state index in [1.165, 1.54) is 48.5 Å². The lowest BCUT2D eigenvalue weighted by molar-refractivity contribution is 0.101. The Kier molecular flexibility index (Phi) is 4.85. The van der Waals surface area contributed by atoms with Gasteiger partial charge in [-0.2, -0.15) is 0 Å². The van der Waals surface area contributed by atoms with Crippen LogP contribution in [-0.4, -0.2) is 22.0 Å². The van der Waals surface area contributed by atoms with E-state index in [-0.39, 0.29) is 23.3 Å². The van der Waals surface area contributed by atoms with Crippen molar-refractivity contribution in [2.45, 2.75) is 0 Å². The minimum absolute atomic E-state index is 0.0838. The van der Waals surface area contributed by atoms with Gasteiger partial charge in [-0.15, -0.1) is 0 Å². The Morgan fingerprint density at radius 2 is 1.00 bits per heavy atom. The Bertz CT molecular complexity index is 860. The van der Waals surface area contributed by atoms with Crippen molar-refractivity contribution < 1.29 is 19.8 Å². The van der Waals surface area contributed by atoms with E-state index >= 15 is 0 Å². The fourth-order valence-corrected chi connectivity index (χ4v) is 2.31. The molecule has 0 unspecified atom stereocenters. The molecule has 130 valence electrons. The zero-order chi connectivity index (χ0) is 18.5. The van der Waals surface area contributed by atoms with Gasteiger partial charge in [-0.3, -0.25) is 9.59 Å². The molecular weight excluding hydrogens is 332 g/mol. The molecule has 0 spiro atoms. The first-order valence-electron chi connectivity index (χ1n) is 7.82. The topological polar surface area (TPSA) is 98.7 Å². The number of anilines is 2. The van der Waals surface area contributed by atoms with Gasteiger partial charge in [0.1, 0.15) is 11.5 Å². The minimum atomic E-state index is -0.327. The molecule has 0 aromatic heterocycles. The summed E-state index contributed by atoms with van der Waals surface area (Å²) < 4.78 is 0. The summed E-state index contributed by atoms with van der Waals surface area (Å²) >= 11 is 0. The molecule has 0 heterocycles. The summed E-state index contributed by atoms with van der Waals surface area (Å²) in [5, 5.41) is 24.0. The van der Waals surface area contributed by atoms with E-state index in [1.54, 1.807) is 24.3 Å². The second kappa shape index (κ2) is 7.40. The molecular formula is C20H16N2O4. The Labute approximate surface area is 149 Å². The zero-order valence-electron chi connectivity index (χ0n) is 13.6. The monoisotopic (exact) mass is 348 g/mol. The van der Waals surface area contributed by atoms with Crippen LogP contribution in [0.25, 0.3) is 0 Å². The number of carbonyl (C=O) groups is 2. The number of nitrogens with one attached hydrogen (secondary N) is 2. The van der Waals surface area contributed by atoms with Crippen LogP contribution < -0.4 is 10.6 Å². The first kappa shape index (κ1) is 17.0.